The summed E-state index contributed by atoms with van der Waals surface area (Å²) in [4.78, 5) is 27.2. The number of rotatable bonds is 5. The number of aryl methyl sites for hydroxylation is 1. The van der Waals surface area contributed by atoms with Crippen LogP contribution in [0.1, 0.15) is 16.9 Å². The second-order valence-corrected chi connectivity index (χ2v) is 6.52. The number of hydrogen-bond acceptors (Lipinski definition) is 4. The van der Waals surface area contributed by atoms with E-state index in [9.17, 15) is 14.0 Å². The lowest BCUT2D eigenvalue weighted by Crippen LogP contribution is -2.31. The first-order valence-corrected chi connectivity index (χ1v) is 8.75. The Morgan fingerprint density at radius 2 is 1.68 bits per heavy atom. The maximum atomic E-state index is 13.4. The van der Waals surface area contributed by atoms with Gasteiger partial charge in [0.1, 0.15) is 17.3 Å². The van der Waals surface area contributed by atoms with E-state index in [0.717, 1.165) is 10.5 Å². The van der Waals surface area contributed by atoms with Gasteiger partial charge < -0.3 is 9.73 Å². The highest BCUT2D eigenvalue weighted by molar-refractivity contribution is 6.36. The molecule has 28 heavy (non-hydrogen) atoms. The van der Waals surface area contributed by atoms with Crippen molar-refractivity contribution in [3.8, 4) is 0 Å². The second-order valence-electron chi connectivity index (χ2n) is 6.52. The Morgan fingerprint density at radius 1 is 0.964 bits per heavy atom. The number of anilines is 1. The molecule has 140 valence electrons. The summed E-state index contributed by atoms with van der Waals surface area (Å²) < 4.78 is 18.6. The van der Waals surface area contributed by atoms with Gasteiger partial charge in [0.05, 0.1) is 18.4 Å². The lowest BCUT2D eigenvalue weighted by atomic mass is 10.0. The van der Waals surface area contributed by atoms with Crippen LogP contribution in [-0.2, 0) is 16.1 Å². The summed E-state index contributed by atoms with van der Waals surface area (Å²) in [6.45, 7) is 1.98. The molecule has 6 heteroatoms. The average molecular weight is 376 g/mol. The number of hydrogen-bond donors (Lipinski definition) is 1. The summed E-state index contributed by atoms with van der Waals surface area (Å²) in [5, 5.41) is 3.06. The average Bonchev–Trinajstić information content (AvgIpc) is 3.28. The molecule has 1 aliphatic rings. The molecule has 5 nitrogen and oxygen atoms in total. The molecule has 0 radical (unpaired) electrons. The van der Waals surface area contributed by atoms with Crippen LogP contribution in [0.4, 0.5) is 10.1 Å². The number of imide groups is 1. The minimum Gasteiger partial charge on any atom is -0.467 e. The van der Waals surface area contributed by atoms with Crippen molar-refractivity contribution in [3.05, 3.63) is 95.3 Å². The van der Waals surface area contributed by atoms with E-state index >= 15 is 0 Å². The van der Waals surface area contributed by atoms with Crippen LogP contribution in [-0.4, -0.2) is 16.7 Å². The summed E-state index contributed by atoms with van der Waals surface area (Å²) in [6, 6.07) is 16.4. The number of nitrogens with zero attached hydrogens (tertiary/aromatic N) is 1. The number of carbonyl (C=O) groups excluding carboxylic acids is 2. The highest BCUT2D eigenvalue weighted by Crippen LogP contribution is 2.31. The lowest BCUT2D eigenvalue weighted by molar-refractivity contribution is -0.137. The van der Waals surface area contributed by atoms with Gasteiger partial charge in [-0.3, -0.25) is 14.5 Å². The second kappa shape index (κ2) is 7.15. The Balaban J connectivity index is 1.74. The van der Waals surface area contributed by atoms with Crippen molar-refractivity contribution in [3.63, 3.8) is 0 Å². The third-order valence-corrected chi connectivity index (χ3v) is 4.52. The molecule has 2 heterocycles. The van der Waals surface area contributed by atoms with Gasteiger partial charge in [-0.1, -0.05) is 29.8 Å². The molecule has 0 atom stereocenters. The monoisotopic (exact) mass is 376 g/mol. The Hall–Kier alpha value is -3.67. The molecule has 2 amide bonds. The van der Waals surface area contributed by atoms with Crippen molar-refractivity contribution in [2.45, 2.75) is 13.5 Å². The molecule has 4 rings (SSSR count). The molecular weight excluding hydrogens is 359 g/mol. The zero-order chi connectivity index (χ0) is 19.7. The fourth-order valence-electron chi connectivity index (χ4n) is 3.06. The van der Waals surface area contributed by atoms with Crippen LogP contribution in [0, 0.1) is 12.7 Å². The van der Waals surface area contributed by atoms with Gasteiger partial charge in [-0.15, -0.1) is 0 Å². The SMILES string of the molecule is Cc1ccc(NC2=C(c3ccc(F)cc3)C(=O)N(Cc3ccco3)C2=O)cc1. The highest BCUT2D eigenvalue weighted by Gasteiger charge is 2.39. The minimum absolute atomic E-state index is 0.0223. The molecule has 0 saturated carbocycles. The topological polar surface area (TPSA) is 62.6 Å². The molecule has 0 saturated heterocycles. The highest BCUT2D eigenvalue weighted by atomic mass is 19.1. The van der Waals surface area contributed by atoms with Crippen molar-refractivity contribution in [2.24, 2.45) is 0 Å². The normalized spacial score (nSPS) is 14.1. The van der Waals surface area contributed by atoms with Crippen molar-refractivity contribution in [1.29, 1.82) is 0 Å². The first-order chi connectivity index (χ1) is 13.5. The smallest absolute Gasteiger partial charge is 0.278 e. The van der Waals surface area contributed by atoms with Crippen molar-refractivity contribution in [2.75, 3.05) is 5.32 Å². The number of nitrogens with one attached hydrogen (secondary N) is 1. The van der Waals surface area contributed by atoms with E-state index in [4.69, 9.17) is 4.42 Å². The van der Waals surface area contributed by atoms with Crippen molar-refractivity contribution >= 4 is 23.1 Å². The first-order valence-electron chi connectivity index (χ1n) is 8.75. The maximum absolute atomic E-state index is 13.4. The van der Waals surface area contributed by atoms with Gasteiger partial charge in [-0.25, -0.2) is 4.39 Å². The lowest BCUT2D eigenvalue weighted by Gasteiger charge is -2.13. The van der Waals surface area contributed by atoms with E-state index in [1.54, 1.807) is 12.1 Å². The summed E-state index contributed by atoms with van der Waals surface area (Å²) in [5.74, 6) is -0.831. The van der Waals surface area contributed by atoms with E-state index in [0.29, 0.717) is 17.0 Å². The molecule has 1 N–H and O–H groups in total. The molecule has 1 aliphatic heterocycles. The Morgan fingerprint density at radius 3 is 2.32 bits per heavy atom. The standard InChI is InChI=1S/C22H17FN2O3/c1-14-4-10-17(11-5-14)24-20-19(15-6-8-16(23)9-7-15)21(26)25(22(20)27)13-18-3-2-12-28-18/h2-12,24H,13H2,1H3. The number of furan rings is 1. The molecule has 0 fully saturated rings. The quantitative estimate of drug-likeness (QED) is 0.681. The Labute approximate surface area is 161 Å². The molecule has 3 aromatic rings. The zero-order valence-corrected chi connectivity index (χ0v) is 15.1. The molecule has 0 bridgehead atoms. The number of halogens is 1. The van der Waals surface area contributed by atoms with E-state index in [1.165, 1.54) is 30.5 Å². The largest absolute Gasteiger partial charge is 0.467 e. The number of amides is 2. The fraction of sp³-hybridized carbons (Fsp3) is 0.0909. The summed E-state index contributed by atoms with van der Waals surface area (Å²) in [6.07, 6.45) is 1.49. The van der Waals surface area contributed by atoms with Crippen molar-refractivity contribution < 1.29 is 18.4 Å². The van der Waals surface area contributed by atoms with Crippen LogP contribution in [0.5, 0.6) is 0 Å². The van der Waals surface area contributed by atoms with Gasteiger partial charge in [-0.05, 0) is 48.9 Å². The van der Waals surface area contributed by atoms with E-state index in [2.05, 4.69) is 5.32 Å². The van der Waals surface area contributed by atoms with Gasteiger partial charge in [0.2, 0.25) is 0 Å². The van der Waals surface area contributed by atoms with Crippen molar-refractivity contribution in [1.82, 2.24) is 4.90 Å². The van der Waals surface area contributed by atoms with Crippen LogP contribution in [0.25, 0.3) is 5.57 Å². The predicted octanol–water partition coefficient (Wildman–Crippen LogP) is 4.12. The Kier molecular flexibility index (Phi) is 4.53. The van der Waals surface area contributed by atoms with Crippen LogP contribution in [0.2, 0.25) is 0 Å². The van der Waals surface area contributed by atoms with E-state index in [-0.39, 0.29) is 17.8 Å². The van der Waals surface area contributed by atoms with Crippen LogP contribution < -0.4 is 5.32 Å². The minimum atomic E-state index is -0.457. The third-order valence-electron chi connectivity index (χ3n) is 4.52. The van der Waals surface area contributed by atoms with Gasteiger partial charge >= 0.3 is 0 Å². The molecular formula is C22H17FN2O3. The predicted molar refractivity (Wildman–Crippen MR) is 102 cm³/mol. The van der Waals surface area contributed by atoms with Gasteiger partial charge in [0.25, 0.3) is 11.8 Å². The van der Waals surface area contributed by atoms with Crippen LogP contribution in [0.3, 0.4) is 0 Å². The van der Waals surface area contributed by atoms with Gasteiger partial charge in [0, 0.05) is 5.69 Å². The van der Waals surface area contributed by atoms with E-state index in [1.807, 2.05) is 31.2 Å². The van der Waals surface area contributed by atoms with Crippen LogP contribution >= 0.6 is 0 Å². The molecule has 0 spiro atoms. The van der Waals surface area contributed by atoms with Gasteiger partial charge in [-0.2, -0.15) is 0 Å². The fourth-order valence-corrected chi connectivity index (χ4v) is 3.06. The van der Waals surface area contributed by atoms with E-state index < -0.39 is 17.6 Å². The summed E-state index contributed by atoms with van der Waals surface area (Å²) in [5.41, 5.74) is 2.59. The molecule has 0 aliphatic carbocycles. The maximum Gasteiger partial charge on any atom is 0.278 e. The summed E-state index contributed by atoms with van der Waals surface area (Å²) >= 11 is 0. The number of benzene rings is 2. The van der Waals surface area contributed by atoms with Gasteiger partial charge in [0.15, 0.2) is 0 Å². The molecule has 2 aromatic carbocycles. The third kappa shape index (κ3) is 3.32. The number of carbonyl (C=O) groups is 2. The summed E-state index contributed by atoms with van der Waals surface area (Å²) in [7, 11) is 0. The van der Waals surface area contributed by atoms with Crippen LogP contribution in [0.15, 0.2) is 77.0 Å². The molecule has 1 aromatic heterocycles. The Bertz CT molecular complexity index is 1050. The first kappa shape index (κ1) is 17.7. The zero-order valence-electron chi connectivity index (χ0n) is 15.1. The molecule has 0 unspecified atom stereocenters.